The molecule has 6 nitrogen and oxygen atoms in total. The van der Waals surface area contributed by atoms with Gasteiger partial charge in [-0.1, -0.05) is 29.8 Å². The molecule has 3 aromatic rings. The summed E-state index contributed by atoms with van der Waals surface area (Å²) in [6.07, 6.45) is 0.647. The maximum Gasteiger partial charge on any atom is 0.232 e. The van der Waals surface area contributed by atoms with Crippen LogP contribution >= 0.6 is 0 Å². The molecule has 0 aliphatic carbocycles. The molecule has 2 aromatic carbocycles. The van der Waals surface area contributed by atoms with E-state index in [1.54, 1.807) is 0 Å². The van der Waals surface area contributed by atoms with Gasteiger partial charge in [0.15, 0.2) is 0 Å². The van der Waals surface area contributed by atoms with E-state index in [0.29, 0.717) is 24.1 Å². The minimum atomic E-state index is 0.145. The Morgan fingerprint density at radius 2 is 1.41 bits per heavy atom. The Hall–Kier alpha value is -2.99. The molecule has 0 saturated heterocycles. The SMILES string of the molecule is Cc1cc(C)c(Nc2nc(C)nc(Nc3ccc(CCO)cc3)n2)c(C)c1. The number of rotatable bonds is 6. The lowest BCUT2D eigenvalue weighted by Crippen LogP contribution is -2.07. The van der Waals surface area contributed by atoms with Gasteiger partial charge in [0, 0.05) is 18.0 Å². The van der Waals surface area contributed by atoms with E-state index in [2.05, 4.69) is 58.5 Å². The van der Waals surface area contributed by atoms with E-state index in [9.17, 15) is 0 Å². The molecular weight excluding hydrogens is 338 g/mol. The molecule has 3 rings (SSSR count). The van der Waals surface area contributed by atoms with E-state index in [4.69, 9.17) is 5.11 Å². The minimum Gasteiger partial charge on any atom is -0.396 e. The van der Waals surface area contributed by atoms with Gasteiger partial charge in [-0.15, -0.1) is 0 Å². The third-order valence-corrected chi connectivity index (χ3v) is 4.27. The van der Waals surface area contributed by atoms with Gasteiger partial charge in [-0.25, -0.2) is 0 Å². The summed E-state index contributed by atoms with van der Waals surface area (Å²) >= 11 is 0. The second-order valence-corrected chi connectivity index (χ2v) is 6.72. The van der Waals surface area contributed by atoms with E-state index in [-0.39, 0.29) is 6.61 Å². The van der Waals surface area contributed by atoms with Gasteiger partial charge in [-0.2, -0.15) is 15.0 Å². The van der Waals surface area contributed by atoms with Crippen molar-refractivity contribution in [3.05, 3.63) is 64.5 Å². The zero-order valence-corrected chi connectivity index (χ0v) is 16.2. The number of hydrogen-bond donors (Lipinski definition) is 3. The number of benzene rings is 2. The first-order valence-corrected chi connectivity index (χ1v) is 8.99. The van der Waals surface area contributed by atoms with E-state index in [1.807, 2.05) is 31.2 Å². The summed E-state index contributed by atoms with van der Waals surface area (Å²) in [5, 5.41) is 15.6. The first kappa shape index (κ1) is 18.8. The molecule has 6 heteroatoms. The second kappa shape index (κ2) is 8.14. The molecule has 3 N–H and O–H groups in total. The van der Waals surface area contributed by atoms with Gasteiger partial charge in [0.05, 0.1) is 0 Å². The molecule has 1 aromatic heterocycles. The van der Waals surface area contributed by atoms with Crippen molar-refractivity contribution in [2.24, 2.45) is 0 Å². The standard InChI is InChI=1S/C21H25N5O/c1-13-11-14(2)19(15(3)12-13)25-21-23-16(4)22-20(26-21)24-18-7-5-17(6-8-18)9-10-27/h5-8,11-12,27H,9-10H2,1-4H3,(H2,22,23,24,25,26). The Bertz CT molecular complexity index is 915. The molecule has 0 radical (unpaired) electrons. The molecule has 0 aliphatic heterocycles. The van der Waals surface area contributed by atoms with Gasteiger partial charge in [-0.3, -0.25) is 0 Å². The largest absolute Gasteiger partial charge is 0.396 e. The highest BCUT2D eigenvalue weighted by Gasteiger charge is 2.09. The van der Waals surface area contributed by atoms with E-state index in [0.717, 1.165) is 28.1 Å². The summed E-state index contributed by atoms with van der Waals surface area (Å²) in [6, 6.07) is 12.1. The molecular formula is C21H25N5O. The Morgan fingerprint density at radius 1 is 0.815 bits per heavy atom. The fourth-order valence-corrected chi connectivity index (χ4v) is 3.10. The predicted octanol–water partition coefficient (Wildman–Crippen LogP) is 4.13. The molecule has 0 fully saturated rings. The number of aliphatic hydroxyl groups excluding tert-OH is 1. The monoisotopic (exact) mass is 363 g/mol. The Balaban J connectivity index is 1.82. The lowest BCUT2D eigenvalue weighted by atomic mass is 10.1. The maximum atomic E-state index is 9.01. The normalized spacial score (nSPS) is 10.7. The third-order valence-electron chi connectivity index (χ3n) is 4.27. The lowest BCUT2D eigenvalue weighted by molar-refractivity contribution is 0.299. The van der Waals surface area contributed by atoms with E-state index < -0.39 is 0 Å². The zero-order valence-electron chi connectivity index (χ0n) is 16.2. The van der Waals surface area contributed by atoms with E-state index in [1.165, 1.54) is 5.56 Å². The molecule has 0 amide bonds. The van der Waals surface area contributed by atoms with Crippen LogP contribution in [0.25, 0.3) is 0 Å². The first-order valence-electron chi connectivity index (χ1n) is 8.99. The second-order valence-electron chi connectivity index (χ2n) is 6.72. The quantitative estimate of drug-likeness (QED) is 0.611. The van der Waals surface area contributed by atoms with Crippen molar-refractivity contribution in [2.45, 2.75) is 34.1 Å². The van der Waals surface area contributed by atoms with Gasteiger partial charge < -0.3 is 15.7 Å². The van der Waals surface area contributed by atoms with Crippen molar-refractivity contribution in [1.29, 1.82) is 0 Å². The number of hydrogen-bond acceptors (Lipinski definition) is 6. The number of nitrogens with one attached hydrogen (secondary N) is 2. The third kappa shape index (κ3) is 4.80. The molecule has 0 unspecified atom stereocenters. The van der Waals surface area contributed by atoms with Crippen molar-refractivity contribution in [3.8, 4) is 0 Å². The zero-order chi connectivity index (χ0) is 19.4. The van der Waals surface area contributed by atoms with Crippen LogP contribution in [0, 0.1) is 27.7 Å². The highest BCUT2D eigenvalue weighted by atomic mass is 16.2. The van der Waals surface area contributed by atoms with Crippen molar-refractivity contribution in [2.75, 3.05) is 17.2 Å². The Morgan fingerprint density at radius 3 is 2.00 bits per heavy atom. The number of aliphatic hydroxyl groups is 1. The van der Waals surface area contributed by atoms with Crippen molar-refractivity contribution in [3.63, 3.8) is 0 Å². The van der Waals surface area contributed by atoms with Crippen LogP contribution in [0.15, 0.2) is 36.4 Å². The highest BCUT2D eigenvalue weighted by Crippen LogP contribution is 2.25. The van der Waals surface area contributed by atoms with Crippen LogP contribution in [0.3, 0.4) is 0 Å². The maximum absolute atomic E-state index is 9.01. The smallest absolute Gasteiger partial charge is 0.232 e. The molecule has 0 spiro atoms. The van der Waals surface area contributed by atoms with Crippen LogP contribution in [-0.2, 0) is 6.42 Å². The first-order chi connectivity index (χ1) is 12.9. The summed E-state index contributed by atoms with van der Waals surface area (Å²) in [4.78, 5) is 13.3. The lowest BCUT2D eigenvalue weighted by Gasteiger charge is -2.14. The summed E-state index contributed by atoms with van der Waals surface area (Å²) in [7, 11) is 0. The molecule has 0 atom stereocenters. The number of aryl methyl sites for hydroxylation is 4. The van der Waals surface area contributed by atoms with Crippen molar-refractivity contribution in [1.82, 2.24) is 15.0 Å². The summed E-state index contributed by atoms with van der Waals surface area (Å²) < 4.78 is 0. The number of aromatic nitrogens is 3. The summed E-state index contributed by atoms with van der Waals surface area (Å²) in [5.41, 5.74) is 6.53. The van der Waals surface area contributed by atoms with Crippen LogP contribution in [0.2, 0.25) is 0 Å². The van der Waals surface area contributed by atoms with E-state index >= 15 is 0 Å². The molecule has 140 valence electrons. The molecule has 0 saturated carbocycles. The van der Waals surface area contributed by atoms with Crippen molar-refractivity contribution < 1.29 is 5.11 Å². The average Bonchev–Trinajstić information content (AvgIpc) is 2.60. The average molecular weight is 363 g/mol. The van der Waals surface area contributed by atoms with Crippen molar-refractivity contribution >= 4 is 23.3 Å². The molecule has 27 heavy (non-hydrogen) atoms. The molecule has 0 bridgehead atoms. The summed E-state index contributed by atoms with van der Waals surface area (Å²) in [6.45, 7) is 8.22. The van der Waals surface area contributed by atoms with Gasteiger partial charge in [0.2, 0.25) is 11.9 Å². The van der Waals surface area contributed by atoms with Gasteiger partial charge >= 0.3 is 0 Å². The Kier molecular flexibility index (Phi) is 5.66. The molecule has 0 aliphatic rings. The van der Waals surface area contributed by atoms with Crippen LogP contribution in [0.4, 0.5) is 23.3 Å². The highest BCUT2D eigenvalue weighted by molar-refractivity contribution is 5.64. The number of nitrogens with zero attached hydrogens (tertiary/aromatic N) is 3. The minimum absolute atomic E-state index is 0.145. The van der Waals surface area contributed by atoms with Gasteiger partial charge in [0.1, 0.15) is 5.82 Å². The van der Waals surface area contributed by atoms with Gasteiger partial charge in [0.25, 0.3) is 0 Å². The van der Waals surface area contributed by atoms with Crippen LogP contribution in [-0.4, -0.2) is 26.7 Å². The van der Waals surface area contributed by atoms with Crippen LogP contribution < -0.4 is 10.6 Å². The van der Waals surface area contributed by atoms with Crippen LogP contribution in [0.5, 0.6) is 0 Å². The Labute approximate surface area is 159 Å². The van der Waals surface area contributed by atoms with Crippen LogP contribution in [0.1, 0.15) is 28.1 Å². The number of anilines is 4. The predicted molar refractivity (Wildman–Crippen MR) is 109 cm³/mol. The topological polar surface area (TPSA) is 83.0 Å². The fourth-order valence-electron chi connectivity index (χ4n) is 3.10. The summed E-state index contributed by atoms with van der Waals surface area (Å²) in [5.74, 6) is 1.63. The molecule has 1 heterocycles. The fraction of sp³-hybridized carbons (Fsp3) is 0.286. The van der Waals surface area contributed by atoms with Gasteiger partial charge in [-0.05, 0) is 62.9 Å².